The van der Waals surface area contributed by atoms with E-state index < -0.39 is 8.80 Å². The first kappa shape index (κ1) is 20.5. The molecule has 1 fully saturated rings. The van der Waals surface area contributed by atoms with Crippen LogP contribution in [0.4, 0.5) is 0 Å². The maximum Gasteiger partial charge on any atom is 0.157 e. The van der Waals surface area contributed by atoms with Crippen LogP contribution in [0.5, 0.6) is 5.75 Å². The number of hydrogen-bond acceptors (Lipinski definition) is 3. The van der Waals surface area contributed by atoms with Crippen LogP contribution in [0.1, 0.15) is 58.9 Å². The van der Waals surface area contributed by atoms with Crippen molar-refractivity contribution in [3.63, 3.8) is 0 Å². The molecule has 0 aromatic heterocycles. The summed E-state index contributed by atoms with van der Waals surface area (Å²) in [6, 6.07) is 6.68. The van der Waals surface area contributed by atoms with E-state index in [1.165, 1.54) is 12.0 Å². The fraction of sp³-hybridized carbons (Fsp3) is 0.714. The van der Waals surface area contributed by atoms with E-state index in [2.05, 4.69) is 52.8 Å². The Morgan fingerprint density at radius 2 is 1.88 bits per heavy atom. The van der Waals surface area contributed by atoms with Gasteiger partial charge < -0.3 is 14.2 Å². The molecule has 0 spiro atoms. The Bertz CT molecular complexity index is 502. The molecule has 0 aliphatic carbocycles. The standard InChI is InChI=1S/C21H36O3Si/c1-16(2)25(17(3)4)20-11-10-19(15-18(20)5)22-13-8-14-24-21-9-6-7-12-23-21/h10-11,15-17,21,25H,6-9,12-14H2,1-5H3. The summed E-state index contributed by atoms with van der Waals surface area (Å²) >= 11 is 0. The number of hydrogen-bond donors (Lipinski definition) is 0. The zero-order valence-electron chi connectivity index (χ0n) is 16.7. The molecule has 1 saturated heterocycles. The van der Waals surface area contributed by atoms with Gasteiger partial charge in [0.15, 0.2) is 6.29 Å². The van der Waals surface area contributed by atoms with Gasteiger partial charge >= 0.3 is 0 Å². The molecule has 1 heterocycles. The lowest BCUT2D eigenvalue weighted by molar-refractivity contribution is -0.163. The van der Waals surface area contributed by atoms with E-state index in [1.807, 2.05) is 0 Å². The fourth-order valence-electron chi connectivity index (χ4n) is 3.91. The Morgan fingerprint density at radius 3 is 2.48 bits per heavy atom. The lowest BCUT2D eigenvalue weighted by atomic mass is 10.2. The summed E-state index contributed by atoms with van der Waals surface area (Å²) in [6.45, 7) is 14.0. The Morgan fingerprint density at radius 1 is 1.12 bits per heavy atom. The summed E-state index contributed by atoms with van der Waals surface area (Å²) < 4.78 is 17.3. The van der Waals surface area contributed by atoms with Gasteiger partial charge in [0.1, 0.15) is 5.75 Å². The summed E-state index contributed by atoms with van der Waals surface area (Å²) in [6.07, 6.45) is 4.30. The SMILES string of the molecule is Cc1cc(OCCCOC2CCCCO2)ccc1[SiH](C(C)C)C(C)C. The third kappa shape index (κ3) is 6.43. The molecular formula is C21H36O3Si. The molecule has 1 aromatic carbocycles. The number of rotatable bonds is 9. The quantitative estimate of drug-likeness (QED) is 0.475. The molecule has 0 N–H and O–H groups in total. The first-order chi connectivity index (χ1) is 12.0. The largest absolute Gasteiger partial charge is 0.493 e. The van der Waals surface area contributed by atoms with Crippen molar-refractivity contribution in [2.45, 2.75) is 77.7 Å². The smallest absolute Gasteiger partial charge is 0.157 e. The van der Waals surface area contributed by atoms with E-state index in [4.69, 9.17) is 14.2 Å². The van der Waals surface area contributed by atoms with Crippen LogP contribution in [0, 0.1) is 6.92 Å². The summed E-state index contributed by atoms with van der Waals surface area (Å²) in [5.74, 6) is 0.982. The average Bonchev–Trinajstić information content (AvgIpc) is 2.57. The fourth-order valence-corrected chi connectivity index (χ4v) is 7.81. The minimum atomic E-state index is -0.943. The minimum absolute atomic E-state index is 0.00392. The van der Waals surface area contributed by atoms with Crippen molar-refractivity contribution in [3.8, 4) is 5.75 Å². The second kappa shape index (κ2) is 10.3. The van der Waals surface area contributed by atoms with Gasteiger partial charge in [-0.15, -0.1) is 0 Å². The molecule has 2 rings (SSSR count). The van der Waals surface area contributed by atoms with Crippen molar-refractivity contribution in [2.24, 2.45) is 0 Å². The van der Waals surface area contributed by atoms with Crippen LogP contribution in [0.3, 0.4) is 0 Å². The zero-order chi connectivity index (χ0) is 18.2. The topological polar surface area (TPSA) is 27.7 Å². The maximum absolute atomic E-state index is 5.93. The van der Waals surface area contributed by atoms with Gasteiger partial charge in [0.25, 0.3) is 0 Å². The monoisotopic (exact) mass is 364 g/mol. The van der Waals surface area contributed by atoms with Crippen LogP contribution in [0.15, 0.2) is 18.2 Å². The van der Waals surface area contributed by atoms with Gasteiger partial charge in [-0.3, -0.25) is 0 Å². The molecule has 3 nitrogen and oxygen atoms in total. The molecule has 1 aliphatic heterocycles. The molecule has 1 aromatic rings. The van der Waals surface area contributed by atoms with Gasteiger partial charge in [0.05, 0.1) is 22.0 Å². The van der Waals surface area contributed by atoms with Crippen molar-refractivity contribution in [3.05, 3.63) is 23.8 Å². The van der Waals surface area contributed by atoms with Gasteiger partial charge in [-0.2, -0.15) is 0 Å². The molecule has 1 aliphatic rings. The Kier molecular flexibility index (Phi) is 8.47. The molecule has 0 radical (unpaired) electrons. The van der Waals surface area contributed by atoms with Crippen molar-refractivity contribution in [1.82, 2.24) is 0 Å². The van der Waals surface area contributed by atoms with E-state index >= 15 is 0 Å². The van der Waals surface area contributed by atoms with Gasteiger partial charge in [-0.25, -0.2) is 0 Å². The van der Waals surface area contributed by atoms with Crippen molar-refractivity contribution < 1.29 is 14.2 Å². The Hall–Kier alpha value is -0.843. The average molecular weight is 365 g/mol. The third-order valence-corrected chi connectivity index (χ3v) is 9.27. The Labute approximate surface area is 155 Å². The molecule has 0 saturated carbocycles. The van der Waals surface area contributed by atoms with Crippen LogP contribution in [-0.4, -0.2) is 34.9 Å². The summed E-state index contributed by atoms with van der Waals surface area (Å²) in [4.78, 5) is 0. The molecule has 142 valence electrons. The molecule has 4 heteroatoms. The highest BCUT2D eigenvalue weighted by Crippen LogP contribution is 2.23. The maximum atomic E-state index is 5.93. The predicted octanol–water partition coefficient (Wildman–Crippen LogP) is 4.56. The Balaban J connectivity index is 1.78. The molecule has 0 amide bonds. The predicted molar refractivity (Wildman–Crippen MR) is 108 cm³/mol. The highest BCUT2D eigenvalue weighted by atomic mass is 28.3. The third-order valence-electron chi connectivity index (χ3n) is 5.04. The van der Waals surface area contributed by atoms with Crippen molar-refractivity contribution in [2.75, 3.05) is 19.8 Å². The van der Waals surface area contributed by atoms with Crippen molar-refractivity contribution >= 4 is 14.0 Å². The zero-order valence-corrected chi connectivity index (χ0v) is 17.9. The van der Waals surface area contributed by atoms with Gasteiger partial charge in [0, 0.05) is 13.0 Å². The summed E-state index contributed by atoms with van der Waals surface area (Å²) in [5.41, 5.74) is 2.96. The lowest BCUT2D eigenvalue weighted by Crippen LogP contribution is -2.37. The van der Waals surface area contributed by atoms with E-state index in [0.717, 1.165) is 42.7 Å². The normalized spacial score (nSPS) is 18.3. The van der Waals surface area contributed by atoms with Crippen LogP contribution in [0.25, 0.3) is 0 Å². The number of ether oxygens (including phenoxy) is 3. The minimum Gasteiger partial charge on any atom is -0.493 e. The number of benzene rings is 1. The highest BCUT2D eigenvalue weighted by Gasteiger charge is 2.23. The first-order valence-electron chi connectivity index (χ1n) is 9.95. The van der Waals surface area contributed by atoms with Gasteiger partial charge in [-0.1, -0.05) is 38.9 Å². The van der Waals surface area contributed by atoms with Gasteiger partial charge in [0.2, 0.25) is 0 Å². The molecular weight excluding hydrogens is 328 g/mol. The van der Waals surface area contributed by atoms with Crippen LogP contribution in [0.2, 0.25) is 11.1 Å². The van der Waals surface area contributed by atoms with E-state index in [1.54, 1.807) is 5.19 Å². The lowest BCUT2D eigenvalue weighted by Gasteiger charge is -2.25. The second-order valence-electron chi connectivity index (χ2n) is 7.90. The second-order valence-corrected chi connectivity index (χ2v) is 12.2. The molecule has 1 unspecified atom stereocenters. The van der Waals surface area contributed by atoms with Crippen molar-refractivity contribution in [1.29, 1.82) is 0 Å². The molecule has 0 bridgehead atoms. The summed E-state index contributed by atoms with van der Waals surface area (Å²) in [5, 5.41) is 1.59. The van der Waals surface area contributed by atoms with E-state index in [0.29, 0.717) is 13.2 Å². The van der Waals surface area contributed by atoms with Crippen LogP contribution < -0.4 is 9.92 Å². The van der Waals surface area contributed by atoms with E-state index in [-0.39, 0.29) is 6.29 Å². The molecule has 1 atom stereocenters. The van der Waals surface area contributed by atoms with Crippen LogP contribution in [-0.2, 0) is 9.47 Å². The highest BCUT2D eigenvalue weighted by molar-refractivity contribution is 6.76. The van der Waals surface area contributed by atoms with Crippen LogP contribution >= 0.6 is 0 Å². The summed E-state index contributed by atoms with van der Waals surface area (Å²) in [7, 11) is -0.943. The van der Waals surface area contributed by atoms with E-state index in [9.17, 15) is 0 Å². The number of aryl methyl sites for hydroxylation is 1. The van der Waals surface area contributed by atoms with Gasteiger partial charge in [-0.05, 0) is 55.0 Å². The first-order valence-corrected chi connectivity index (χ1v) is 11.9. The molecule has 25 heavy (non-hydrogen) atoms.